The standard InChI is InChI=1S/C23H31N5O5.C2H6/c1-23(2,3)33-18-11-9-16(10-12-18)13-19(21(27-24)28(25)14-20(29)30)26-22(31)32-15-17-7-5-4-6-8-17;1-2/h4-12,19H,13-15,24-25H2,1-3H3,(H,26,31)(H,29,30);1-2H3/b27-21-;. The van der Waals surface area contributed by atoms with Crippen molar-refractivity contribution >= 4 is 17.9 Å². The van der Waals surface area contributed by atoms with E-state index in [0.717, 1.165) is 16.1 Å². The van der Waals surface area contributed by atoms with Crippen LogP contribution in [-0.4, -0.2) is 46.2 Å². The zero-order valence-electron chi connectivity index (χ0n) is 21.0. The van der Waals surface area contributed by atoms with Crippen molar-refractivity contribution in [2.45, 2.75) is 59.3 Å². The average Bonchev–Trinajstić information content (AvgIpc) is 2.80. The van der Waals surface area contributed by atoms with Crippen LogP contribution in [-0.2, 0) is 22.6 Å². The number of nitrogens with zero attached hydrogens (tertiary/aromatic N) is 2. The largest absolute Gasteiger partial charge is 0.488 e. The molecule has 10 heteroatoms. The SMILES string of the molecule is CC.CC(C)(C)Oc1ccc(CC(NC(=O)OCc2ccccc2)/C(=N/N)N(N)CC(=O)O)cc1. The second kappa shape index (κ2) is 14.5. The molecule has 0 aromatic heterocycles. The van der Waals surface area contributed by atoms with E-state index in [1.165, 1.54) is 0 Å². The minimum atomic E-state index is -1.17. The fourth-order valence-corrected chi connectivity index (χ4v) is 2.99. The molecule has 0 aliphatic carbocycles. The molecule has 35 heavy (non-hydrogen) atoms. The molecule has 192 valence electrons. The third-order valence-corrected chi connectivity index (χ3v) is 4.34. The van der Waals surface area contributed by atoms with Crippen LogP contribution in [0.15, 0.2) is 59.7 Å². The predicted octanol–water partition coefficient (Wildman–Crippen LogP) is 3.26. The fraction of sp³-hybridized carbons (Fsp3) is 0.400. The van der Waals surface area contributed by atoms with E-state index in [-0.39, 0.29) is 24.5 Å². The van der Waals surface area contributed by atoms with Crippen molar-refractivity contribution in [1.82, 2.24) is 10.3 Å². The van der Waals surface area contributed by atoms with Gasteiger partial charge in [0.05, 0.1) is 6.04 Å². The summed E-state index contributed by atoms with van der Waals surface area (Å²) in [7, 11) is 0. The zero-order chi connectivity index (χ0) is 26.4. The number of hydrogen-bond donors (Lipinski definition) is 4. The van der Waals surface area contributed by atoms with Crippen molar-refractivity contribution < 1.29 is 24.2 Å². The van der Waals surface area contributed by atoms with Crippen LogP contribution in [0.4, 0.5) is 4.79 Å². The molecule has 2 aromatic rings. The molecule has 1 unspecified atom stereocenters. The Hall–Kier alpha value is -3.79. The summed E-state index contributed by atoms with van der Waals surface area (Å²) in [5.41, 5.74) is 1.29. The van der Waals surface area contributed by atoms with Gasteiger partial charge < -0.3 is 25.7 Å². The molecule has 0 aliphatic heterocycles. The van der Waals surface area contributed by atoms with Gasteiger partial charge in [-0.15, -0.1) is 0 Å². The summed E-state index contributed by atoms with van der Waals surface area (Å²) in [5.74, 6) is 10.9. The molecule has 6 N–H and O–H groups in total. The van der Waals surface area contributed by atoms with Gasteiger partial charge in [0.25, 0.3) is 0 Å². The number of aliphatic carboxylic acids is 1. The Morgan fingerprint density at radius 1 is 1.06 bits per heavy atom. The number of hydrogen-bond acceptors (Lipinski definition) is 7. The highest BCUT2D eigenvalue weighted by Gasteiger charge is 2.25. The molecular weight excluding hydrogens is 450 g/mol. The molecular formula is C25H37N5O5. The van der Waals surface area contributed by atoms with Crippen LogP contribution in [0.1, 0.15) is 45.7 Å². The Bertz CT molecular complexity index is 943. The van der Waals surface area contributed by atoms with E-state index < -0.39 is 24.6 Å². The van der Waals surface area contributed by atoms with Gasteiger partial charge in [-0.2, -0.15) is 5.10 Å². The maximum absolute atomic E-state index is 12.5. The summed E-state index contributed by atoms with van der Waals surface area (Å²) in [6.45, 7) is 9.36. The number of carbonyl (C=O) groups excluding carboxylic acids is 1. The number of hydrazone groups is 1. The van der Waals surface area contributed by atoms with Crippen molar-refractivity contribution in [2.24, 2.45) is 16.8 Å². The molecule has 2 rings (SSSR count). The van der Waals surface area contributed by atoms with E-state index in [4.69, 9.17) is 26.3 Å². The van der Waals surface area contributed by atoms with Crippen LogP contribution in [0.5, 0.6) is 5.75 Å². The number of hydrazine groups is 1. The number of benzene rings is 2. The first kappa shape index (κ1) is 29.2. The first-order valence-corrected chi connectivity index (χ1v) is 11.3. The van der Waals surface area contributed by atoms with E-state index in [1.807, 2.05) is 89.2 Å². The molecule has 2 aromatic carbocycles. The normalized spacial score (nSPS) is 12.0. The van der Waals surface area contributed by atoms with Crippen LogP contribution in [0, 0.1) is 0 Å². The number of amidine groups is 1. The fourth-order valence-electron chi connectivity index (χ4n) is 2.99. The summed E-state index contributed by atoms with van der Waals surface area (Å²) in [6, 6.07) is 15.6. The third kappa shape index (κ3) is 11.3. The quantitative estimate of drug-likeness (QED) is 0.182. The highest BCUT2D eigenvalue weighted by atomic mass is 16.5. The minimum Gasteiger partial charge on any atom is -0.488 e. The molecule has 1 amide bonds. The van der Waals surface area contributed by atoms with Gasteiger partial charge in [0.1, 0.15) is 24.5 Å². The highest BCUT2D eigenvalue weighted by molar-refractivity contribution is 5.91. The van der Waals surface area contributed by atoms with Gasteiger partial charge in [-0.25, -0.2) is 10.6 Å². The van der Waals surface area contributed by atoms with Gasteiger partial charge in [0.15, 0.2) is 5.84 Å². The molecule has 0 saturated carbocycles. The summed E-state index contributed by atoms with van der Waals surface area (Å²) in [6.07, 6.45) is -0.485. The van der Waals surface area contributed by atoms with E-state index in [9.17, 15) is 9.59 Å². The number of carboxylic acid groups (broad SMARTS) is 1. The zero-order valence-corrected chi connectivity index (χ0v) is 21.0. The number of carboxylic acids is 1. The number of ether oxygens (including phenoxy) is 2. The minimum absolute atomic E-state index is 0.0101. The summed E-state index contributed by atoms with van der Waals surface area (Å²) in [5, 5.41) is 16.3. The van der Waals surface area contributed by atoms with Crippen LogP contribution in [0.25, 0.3) is 0 Å². The van der Waals surface area contributed by atoms with E-state index in [1.54, 1.807) is 0 Å². The maximum atomic E-state index is 12.5. The second-order valence-corrected chi connectivity index (χ2v) is 8.33. The molecule has 1 atom stereocenters. The number of nitrogens with one attached hydrogen (secondary N) is 1. The number of alkyl carbamates (subject to hydrolysis) is 1. The van der Waals surface area contributed by atoms with E-state index in [2.05, 4.69) is 10.4 Å². The van der Waals surface area contributed by atoms with Crippen LogP contribution in [0.3, 0.4) is 0 Å². The highest BCUT2D eigenvalue weighted by Crippen LogP contribution is 2.19. The Labute approximate surface area is 206 Å². The van der Waals surface area contributed by atoms with Crippen molar-refractivity contribution in [1.29, 1.82) is 0 Å². The Kier molecular flexibility index (Phi) is 12.1. The van der Waals surface area contributed by atoms with Crippen molar-refractivity contribution in [3.05, 3.63) is 65.7 Å². The first-order chi connectivity index (χ1) is 16.6. The van der Waals surface area contributed by atoms with Crippen LogP contribution < -0.4 is 21.7 Å². The van der Waals surface area contributed by atoms with Crippen LogP contribution >= 0.6 is 0 Å². The first-order valence-electron chi connectivity index (χ1n) is 11.3. The van der Waals surface area contributed by atoms with Gasteiger partial charge >= 0.3 is 12.1 Å². The molecule has 0 heterocycles. The van der Waals surface area contributed by atoms with Crippen molar-refractivity contribution in [3.63, 3.8) is 0 Å². The van der Waals surface area contributed by atoms with Gasteiger partial charge in [0, 0.05) is 6.42 Å². The Balaban J connectivity index is 0.00000298. The summed E-state index contributed by atoms with van der Waals surface area (Å²) in [4.78, 5) is 23.6. The van der Waals surface area contributed by atoms with Crippen LogP contribution in [0.2, 0.25) is 0 Å². The molecule has 0 bridgehead atoms. The number of carbonyl (C=O) groups is 2. The second-order valence-electron chi connectivity index (χ2n) is 8.33. The number of amides is 1. The molecule has 0 spiro atoms. The molecule has 0 saturated heterocycles. The third-order valence-electron chi connectivity index (χ3n) is 4.34. The lowest BCUT2D eigenvalue weighted by molar-refractivity contribution is -0.137. The summed E-state index contributed by atoms with van der Waals surface area (Å²) < 4.78 is 11.1. The molecule has 0 radical (unpaired) electrons. The average molecular weight is 488 g/mol. The van der Waals surface area contributed by atoms with E-state index in [0.29, 0.717) is 5.75 Å². The Morgan fingerprint density at radius 3 is 2.17 bits per heavy atom. The smallest absolute Gasteiger partial charge is 0.408 e. The molecule has 0 aliphatic rings. The topological polar surface area (TPSA) is 152 Å². The lowest BCUT2D eigenvalue weighted by Crippen LogP contribution is -2.54. The van der Waals surface area contributed by atoms with Gasteiger partial charge in [0.2, 0.25) is 0 Å². The molecule has 10 nitrogen and oxygen atoms in total. The number of nitrogens with two attached hydrogens (primary N) is 2. The monoisotopic (exact) mass is 487 g/mol. The number of rotatable bonds is 9. The predicted molar refractivity (Wildman–Crippen MR) is 136 cm³/mol. The van der Waals surface area contributed by atoms with Gasteiger partial charge in [-0.3, -0.25) is 9.80 Å². The van der Waals surface area contributed by atoms with E-state index >= 15 is 0 Å². The van der Waals surface area contributed by atoms with Crippen molar-refractivity contribution in [2.75, 3.05) is 6.54 Å². The lowest BCUT2D eigenvalue weighted by atomic mass is 10.0. The Morgan fingerprint density at radius 2 is 1.66 bits per heavy atom. The van der Waals surface area contributed by atoms with Gasteiger partial charge in [-0.05, 0) is 44.0 Å². The molecule has 0 fully saturated rings. The lowest BCUT2D eigenvalue weighted by Gasteiger charge is -2.26. The van der Waals surface area contributed by atoms with Gasteiger partial charge in [-0.1, -0.05) is 56.3 Å². The van der Waals surface area contributed by atoms with Crippen molar-refractivity contribution in [3.8, 4) is 5.75 Å². The summed E-state index contributed by atoms with van der Waals surface area (Å²) >= 11 is 0. The maximum Gasteiger partial charge on any atom is 0.408 e.